The molecule has 0 amide bonds. The van der Waals surface area contributed by atoms with Crippen LogP contribution in [-0.4, -0.2) is 26.9 Å². The van der Waals surface area contributed by atoms with Crippen LogP contribution < -0.4 is 5.69 Å². The molecule has 1 N–H and O–H groups in total. The highest BCUT2D eigenvalue weighted by atomic mass is 35.5. The van der Waals surface area contributed by atoms with Gasteiger partial charge in [0, 0.05) is 17.5 Å². The Balaban J connectivity index is 1.94. The number of ketones is 1. The van der Waals surface area contributed by atoms with Gasteiger partial charge in [-0.25, -0.2) is 9.78 Å². The third kappa shape index (κ3) is 5.99. The predicted molar refractivity (Wildman–Crippen MR) is 130 cm³/mol. The Morgan fingerprint density at radius 1 is 1.00 bits per heavy atom. The van der Waals surface area contributed by atoms with Crippen molar-refractivity contribution in [1.82, 2.24) is 15.0 Å². The number of nitrogens with one attached hydrogen (secondary N) is 1. The molecule has 3 aromatic rings. The molecule has 35 heavy (non-hydrogen) atoms. The van der Waals surface area contributed by atoms with Gasteiger partial charge in [-0.15, -0.1) is 0 Å². The lowest BCUT2D eigenvalue weighted by Crippen LogP contribution is -2.39. The van der Waals surface area contributed by atoms with Crippen molar-refractivity contribution in [1.29, 1.82) is 0 Å². The number of rotatable bonds is 6. The van der Waals surface area contributed by atoms with Crippen LogP contribution >= 0.6 is 11.6 Å². The van der Waals surface area contributed by atoms with Crippen LogP contribution in [0, 0.1) is 5.41 Å². The lowest BCUT2D eigenvalue weighted by molar-refractivity contribution is -0.210. The standard InChI is InChI=1S/C26H27ClF3N3O2/c1-24(2,3)17-8-6-7-16(14-17)21-31-22(33-23(35)32-21)18-13-15(9-11-19(18)27)10-12-20(34)25(4,5)26(28,29)30/h6-9,11,13-14H,10,12H2,1-5H3,(H,31,32,33,35). The van der Waals surface area contributed by atoms with Gasteiger partial charge in [0.2, 0.25) is 0 Å². The fourth-order valence-electron chi connectivity index (χ4n) is 3.40. The number of nitrogens with zero attached hydrogens (tertiary/aromatic N) is 2. The summed E-state index contributed by atoms with van der Waals surface area (Å²) in [7, 11) is 0. The molecule has 0 aliphatic rings. The van der Waals surface area contributed by atoms with E-state index in [1.165, 1.54) is 0 Å². The van der Waals surface area contributed by atoms with Gasteiger partial charge in [0.1, 0.15) is 17.0 Å². The number of hydrogen-bond acceptors (Lipinski definition) is 4. The Hall–Kier alpha value is -3.00. The number of aromatic amines is 1. The van der Waals surface area contributed by atoms with Crippen LogP contribution in [0.4, 0.5) is 13.2 Å². The maximum Gasteiger partial charge on any atom is 0.400 e. The summed E-state index contributed by atoms with van der Waals surface area (Å²) in [4.78, 5) is 35.7. The quantitative estimate of drug-likeness (QED) is 0.412. The summed E-state index contributed by atoms with van der Waals surface area (Å²) in [6.07, 6.45) is -4.84. The molecule has 0 aliphatic heterocycles. The van der Waals surface area contributed by atoms with Gasteiger partial charge in [0.25, 0.3) is 0 Å². The molecule has 2 aromatic carbocycles. The molecule has 0 saturated heterocycles. The van der Waals surface area contributed by atoms with Gasteiger partial charge < -0.3 is 0 Å². The van der Waals surface area contributed by atoms with E-state index < -0.39 is 23.1 Å². The number of halogens is 4. The monoisotopic (exact) mass is 505 g/mol. The van der Waals surface area contributed by atoms with Crippen LogP contribution in [0.25, 0.3) is 22.8 Å². The molecular formula is C26H27ClF3N3O2. The van der Waals surface area contributed by atoms with Crippen molar-refractivity contribution in [3.05, 3.63) is 69.1 Å². The Labute approximate surface area is 206 Å². The molecule has 0 fully saturated rings. The zero-order chi connectivity index (χ0) is 26.2. The zero-order valence-corrected chi connectivity index (χ0v) is 20.9. The Morgan fingerprint density at radius 3 is 2.31 bits per heavy atom. The Kier molecular flexibility index (Phi) is 7.27. The van der Waals surface area contributed by atoms with Crippen molar-refractivity contribution in [3.8, 4) is 22.8 Å². The van der Waals surface area contributed by atoms with E-state index in [4.69, 9.17) is 11.6 Å². The first-order chi connectivity index (χ1) is 16.1. The summed E-state index contributed by atoms with van der Waals surface area (Å²) in [5, 5.41) is 0.291. The summed E-state index contributed by atoms with van der Waals surface area (Å²) < 4.78 is 39.5. The van der Waals surface area contributed by atoms with Crippen LogP contribution in [-0.2, 0) is 16.6 Å². The van der Waals surface area contributed by atoms with Gasteiger partial charge in [-0.3, -0.25) is 9.78 Å². The van der Waals surface area contributed by atoms with Crippen molar-refractivity contribution in [3.63, 3.8) is 0 Å². The summed E-state index contributed by atoms with van der Waals surface area (Å²) in [5.41, 5.74) is -0.475. The molecule has 0 bridgehead atoms. The molecule has 9 heteroatoms. The molecule has 0 spiro atoms. The number of benzene rings is 2. The summed E-state index contributed by atoms with van der Waals surface area (Å²) in [6, 6.07) is 12.4. The summed E-state index contributed by atoms with van der Waals surface area (Å²) >= 11 is 6.36. The van der Waals surface area contributed by atoms with Crippen molar-refractivity contribution in [2.24, 2.45) is 5.41 Å². The van der Waals surface area contributed by atoms with Gasteiger partial charge in [-0.2, -0.15) is 18.2 Å². The second-order valence-electron chi connectivity index (χ2n) is 10.0. The van der Waals surface area contributed by atoms with Crippen molar-refractivity contribution >= 4 is 17.4 Å². The van der Waals surface area contributed by atoms with E-state index >= 15 is 0 Å². The SMILES string of the molecule is CC(C)(C)c1cccc(-c2nc(-c3cc(CCC(=O)C(C)(C)C(F)(F)F)ccc3Cl)[nH]c(=O)n2)c1. The lowest BCUT2D eigenvalue weighted by atomic mass is 9.84. The molecular weight excluding hydrogens is 479 g/mol. The summed E-state index contributed by atoms with van der Waals surface area (Å²) in [5.74, 6) is -0.508. The summed E-state index contributed by atoms with van der Waals surface area (Å²) in [6.45, 7) is 7.97. The van der Waals surface area contributed by atoms with E-state index in [-0.39, 0.29) is 29.9 Å². The van der Waals surface area contributed by atoms with Crippen LogP contribution in [0.1, 0.15) is 52.2 Å². The number of H-pyrrole nitrogens is 1. The number of Topliss-reactive ketones (excluding diaryl/α,β-unsaturated/α-hetero) is 1. The number of carbonyl (C=O) groups excluding carboxylic acids is 1. The van der Waals surface area contributed by atoms with Crippen LogP contribution in [0.5, 0.6) is 0 Å². The number of hydrogen-bond donors (Lipinski definition) is 1. The minimum Gasteiger partial charge on any atom is -0.299 e. The second kappa shape index (κ2) is 9.57. The maximum absolute atomic E-state index is 13.2. The fourth-order valence-corrected chi connectivity index (χ4v) is 3.61. The van der Waals surface area contributed by atoms with Crippen molar-refractivity contribution in [2.45, 2.75) is 59.1 Å². The molecule has 0 radical (unpaired) electrons. The first-order valence-corrected chi connectivity index (χ1v) is 11.5. The third-order valence-electron chi connectivity index (χ3n) is 5.97. The minimum atomic E-state index is -4.63. The first kappa shape index (κ1) is 26.6. The Bertz CT molecular complexity index is 1310. The van der Waals surface area contributed by atoms with Crippen LogP contribution in [0.15, 0.2) is 47.3 Å². The molecule has 0 aliphatic carbocycles. The van der Waals surface area contributed by atoms with Gasteiger partial charge in [0.15, 0.2) is 5.82 Å². The smallest absolute Gasteiger partial charge is 0.299 e. The van der Waals surface area contributed by atoms with E-state index in [0.29, 0.717) is 21.7 Å². The molecule has 5 nitrogen and oxygen atoms in total. The van der Waals surface area contributed by atoms with Crippen molar-refractivity contribution < 1.29 is 18.0 Å². The predicted octanol–water partition coefficient (Wildman–Crippen LogP) is 6.54. The second-order valence-corrected chi connectivity index (χ2v) is 10.4. The highest BCUT2D eigenvalue weighted by Gasteiger charge is 2.51. The highest BCUT2D eigenvalue weighted by molar-refractivity contribution is 6.33. The third-order valence-corrected chi connectivity index (χ3v) is 6.30. The number of carbonyl (C=O) groups is 1. The molecule has 1 aromatic heterocycles. The minimum absolute atomic E-state index is 0.0817. The van der Waals surface area contributed by atoms with Crippen LogP contribution in [0.3, 0.4) is 0 Å². The largest absolute Gasteiger partial charge is 0.400 e. The van der Waals surface area contributed by atoms with E-state index in [0.717, 1.165) is 19.4 Å². The number of aromatic nitrogens is 3. The van der Waals surface area contributed by atoms with E-state index in [1.807, 2.05) is 18.2 Å². The van der Waals surface area contributed by atoms with E-state index in [9.17, 15) is 22.8 Å². The molecule has 0 unspecified atom stereocenters. The van der Waals surface area contributed by atoms with E-state index in [1.54, 1.807) is 24.3 Å². The average molecular weight is 506 g/mol. The molecule has 3 rings (SSSR count). The number of aryl methyl sites for hydroxylation is 1. The fraction of sp³-hybridized carbons (Fsp3) is 0.385. The van der Waals surface area contributed by atoms with Crippen LogP contribution in [0.2, 0.25) is 5.02 Å². The van der Waals surface area contributed by atoms with Gasteiger partial charge in [0.05, 0.1) is 5.02 Å². The lowest BCUT2D eigenvalue weighted by Gasteiger charge is -2.26. The van der Waals surface area contributed by atoms with Crippen molar-refractivity contribution in [2.75, 3.05) is 0 Å². The highest BCUT2D eigenvalue weighted by Crippen LogP contribution is 2.39. The number of alkyl halides is 3. The molecule has 0 saturated carbocycles. The van der Waals surface area contributed by atoms with Gasteiger partial charge in [-0.1, -0.05) is 56.6 Å². The first-order valence-electron chi connectivity index (χ1n) is 11.1. The zero-order valence-electron chi connectivity index (χ0n) is 20.2. The van der Waals surface area contributed by atoms with Gasteiger partial charge in [-0.05, 0) is 55.0 Å². The maximum atomic E-state index is 13.2. The van der Waals surface area contributed by atoms with Gasteiger partial charge >= 0.3 is 11.9 Å². The average Bonchev–Trinajstić information content (AvgIpc) is 2.76. The molecule has 186 valence electrons. The van der Waals surface area contributed by atoms with E-state index in [2.05, 4.69) is 35.7 Å². The normalized spacial score (nSPS) is 12.6. The Morgan fingerprint density at radius 2 is 1.69 bits per heavy atom. The molecule has 0 atom stereocenters. The molecule has 1 heterocycles. The topological polar surface area (TPSA) is 75.7 Å².